The topological polar surface area (TPSA) is 131 Å². The highest BCUT2D eigenvalue weighted by Gasteiger charge is 2.38. The number of benzene rings is 1. The minimum absolute atomic E-state index is 0.258. The van der Waals surface area contributed by atoms with Crippen LogP contribution in [-0.4, -0.2) is 52.4 Å². The van der Waals surface area contributed by atoms with E-state index in [1.54, 1.807) is 20.8 Å². The summed E-state index contributed by atoms with van der Waals surface area (Å²) in [5.41, 5.74) is 5.59. The van der Waals surface area contributed by atoms with Crippen LogP contribution in [0.15, 0.2) is 24.3 Å². The number of alkyl carbamates (subject to hydrolysis) is 1. The molecule has 0 heterocycles. The first kappa shape index (κ1) is 30.9. The van der Waals surface area contributed by atoms with Crippen molar-refractivity contribution in [2.75, 3.05) is 6.54 Å². The molecule has 0 bridgehead atoms. The van der Waals surface area contributed by atoms with E-state index in [9.17, 15) is 19.2 Å². The Hall–Kier alpha value is -3.10. The molecule has 0 aliphatic carbocycles. The number of nitrogens with two attached hydrogens (primary N) is 1. The van der Waals surface area contributed by atoms with Gasteiger partial charge < -0.3 is 26.0 Å². The van der Waals surface area contributed by atoms with Gasteiger partial charge in [-0.3, -0.25) is 14.4 Å². The SMILES string of the molecule is CCCCCN(C(=O)C(CC(N)=O)NC(=O)OC(C)(C)C)C(C(=O)NC(C)(C)C)c1ccccc1C. The standard InChI is InChI=1S/C27H44N4O5/c1-9-10-13-16-31(24(34)20(17-21(28)32)29-25(35)36-27(6,7)8)22(23(33)30-26(3,4)5)19-15-12-11-14-18(19)2/h11-12,14-15,20,22H,9-10,13,16-17H2,1-8H3,(H2,28,32)(H,29,35)(H,30,33). The summed E-state index contributed by atoms with van der Waals surface area (Å²) in [7, 11) is 0. The lowest BCUT2D eigenvalue weighted by Gasteiger charge is -2.36. The number of hydrogen-bond acceptors (Lipinski definition) is 5. The molecule has 2 atom stereocenters. The fourth-order valence-electron chi connectivity index (χ4n) is 3.73. The summed E-state index contributed by atoms with van der Waals surface area (Å²) in [6, 6.07) is 5.11. The van der Waals surface area contributed by atoms with Gasteiger partial charge in [-0.2, -0.15) is 0 Å². The van der Waals surface area contributed by atoms with Gasteiger partial charge in [0.1, 0.15) is 17.7 Å². The summed E-state index contributed by atoms with van der Waals surface area (Å²) in [6.45, 7) is 14.8. The summed E-state index contributed by atoms with van der Waals surface area (Å²) in [4.78, 5) is 53.4. The smallest absolute Gasteiger partial charge is 0.408 e. The van der Waals surface area contributed by atoms with Crippen molar-refractivity contribution in [2.24, 2.45) is 5.73 Å². The molecule has 4 N–H and O–H groups in total. The normalized spacial score (nSPS) is 13.3. The number of primary amides is 1. The van der Waals surface area contributed by atoms with Crippen LogP contribution in [0.4, 0.5) is 4.79 Å². The van der Waals surface area contributed by atoms with E-state index in [1.807, 2.05) is 58.9 Å². The Morgan fingerprint density at radius 1 is 1.03 bits per heavy atom. The molecule has 1 aromatic rings. The maximum atomic E-state index is 13.9. The molecule has 36 heavy (non-hydrogen) atoms. The van der Waals surface area contributed by atoms with Gasteiger partial charge in [0.05, 0.1) is 6.42 Å². The van der Waals surface area contributed by atoms with Crippen molar-refractivity contribution < 1.29 is 23.9 Å². The molecule has 9 heteroatoms. The van der Waals surface area contributed by atoms with Gasteiger partial charge in [0.2, 0.25) is 17.7 Å². The van der Waals surface area contributed by atoms with Crippen molar-refractivity contribution in [2.45, 2.75) is 104 Å². The zero-order valence-corrected chi connectivity index (χ0v) is 23.1. The molecular formula is C27H44N4O5. The molecule has 2 unspecified atom stereocenters. The number of unbranched alkanes of at least 4 members (excludes halogenated alkanes) is 2. The van der Waals surface area contributed by atoms with E-state index >= 15 is 0 Å². The third kappa shape index (κ3) is 10.7. The highest BCUT2D eigenvalue weighted by molar-refractivity contribution is 5.94. The van der Waals surface area contributed by atoms with E-state index in [0.29, 0.717) is 12.0 Å². The Balaban J connectivity index is 3.54. The van der Waals surface area contributed by atoms with Crippen molar-refractivity contribution in [3.63, 3.8) is 0 Å². The molecule has 0 radical (unpaired) electrons. The highest BCUT2D eigenvalue weighted by atomic mass is 16.6. The van der Waals surface area contributed by atoms with Crippen molar-refractivity contribution >= 4 is 23.8 Å². The Labute approximate surface area is 215 Å². The molecule has 0 saturated heterocycles. The summed E-state index contributed by atoms with van der Waals surface area (Å²) in [5.74, 6) is -1.69. The van der Waals surface area contributed by atoms with Crippen molar-refractivity contribution in [1.29, 1.82) is 0 Å². The van der Waals surface area contributed by atoms with Gasteiger partial charge in [0.15, 0.2) is 0 Å². The molecule has 9 nitrogen and oxygen atoms in total. The first-order chi connectivity index (χ1) is 16.6. The third-order valence-corrected chi connectivity index (χ3v) is 5.22. The minimum Gasteiger partial charge on any atom is -0.444 e. The third-order valence-electron chi connectivity index (χ3n) is 5.22. The largest absolute Gasteiger partial charge is 0.444 e. The summed E-state index contributed by atoms with van der Waals surface area (Å²) in [5, 5.41) is 5.48. The maximum Gasteiger partial charge on any atom is 0.408 e. The fourth-order valence-corrected chi connectivity index (χ4v) is 3.73. The number of amides is 4. The number of aryl methyl sites for hydroxylation is 1. The second kappa shape index (κ2) is 13.3. The molecule has 0 fully saturated rings. The number of ether oxygens (including phenoxy) is 1. The van der Waals surface area contributed by atoms with E-state index in [1.165, 1.54) is 4.90 Å². The number of rotatable bonds is 11. The monoisotopic (exact) mass is 504 g/mol. The summed E-state index contributed by atoms with van der Waals surface area (Å²) in [6.07, 6.45) is 1.12. The molecule has 1 aromatic carbocycles. The number of carbonyl (C=O) groups excluding carboxylic acids is 4. The van der Waals surface area contributed by atoms with E-state index in [0.717, 1.165) is 18.4 Å². The Bertz CT molecular complexity index is 917. The first-order valence-electron chi connectivity index (χ1n) is 12.5. The van der Waals surface area contributed by atoms with Crippen LogP contribution in [0, 0.1) is 6.92 Å². The summed E-state index contributed by atoms with van der Waals surface area (Å²) < 4.78 is 5.30. The minimum atomic E-state index is -1.28. The molecule has 0 saturated carbocycles. The number of hydrogen-bond donors (Lipinski definition) is 3. The van der Waals surface area contributed by atoms with E-state index < -0.39 is 47.6 Å². The van der Waals surface area contributed by atoms with Crippen molar-refractivity contribution in [3.8, 4) is 0 Å². The number of nitrogens with zero attached hydrogens (tertiary/aromatic N) is 1. The zero-order valence-electron chi connectivity index (χ0n) is 23.1. The molecule has 4 amide bonds. The lowest BCUT2D eigenvalue weighted by Crippen LogP contribution is -2.55. The van der Waals surface area contributed by atoms with Crippen LogP contribution < -0.4 is 16.4 Å². The van der Waals surface area contributed by atoms with Gasteiger partial charge in [-0.1, -0.05) is 44.0 Å². The Morgan fingerprint density at radius 2 is 1.64 bits per heavy atom. The molecule has 0 aliphatic rings. The van der Waals surface area contributed by atoms with Crippen LogP contribution in [0.3, 0.4) is 0 Å². The van der Waals surface area contributed by atoms with E-state index in [2.05, 4.69) is 10.6 Å². The quantitative estimate of drug-likeness (QED) is 0.395. The van der Waals surface area contributed by atoms with E-state index in [4.69, 9.17) is 10.5 Å². The van der Waals surface area contributed by atoms with Crippen LogP contribution in [0.25, 0.3) is 0 Å². The van der Waals surface area contributed by atoms with Crippen LogP contribution in [0.1, 0.15) is 91.3 Å². The van der Waals surface area contributed by atoms with Gasteiger partial charge >= 0.3 is 6.09 Å². The van der Waals surface area contributed by atoms with Crippen molar-refractivity contribution in [1.82, 2.24) is 15.5 Å². The van der Waals surface area contributed by atoms with Gasteiger partial charge in [0, 0.05) is 12.1 Å². The second-order valence-corrected chi connectivity index (χ2v) is 11.1. The van der Waals surface area contributed by atoms with Crippen LogP contribution in [-0.2, 0) is 19.1 Å². The van der Waals surface area contributed by atoms with Crippen LogP contribution in [0.2, 0.25) is 0 Å². The molecular weight excluding hydrogens is 460 g/mol. The van der Waals surface area contributed by atoms with Crippen LogP contribution >= 0.6 is 0 Å². The highest BCUT2D eigenvalue weighted by Crippen LogP contribution is 2.27. The lowest BCUT2D eigenvalue weighted by molar-refractivity contribution is -0.144. The molecule has 1 rings (SSSR count). The average molecular weight is 505 g/mol. The molecule has 0 aromatic heterocycles. The van der Waals surface area contributed by atoms with Gasteiger partial charge in [0.25, 0.3) is 0 Å². The predicted molar refractivity (Wildman–Crippen MR) is 140 cm³/mol. The van der Waals surface area contributed by atoms with Crippen LogP contribution in [0.5, 0.6) is 0 Å². The second-order valence-electron chi connectivity index (χ2n) is 11.1. The Morgan fingerprint density at radius 3 is 2.14 bits per heavy atom. The molecule has 0 aliphatic heterocycles. The molecule has 0 spiro atoms. The maximum absolute atomic E-state index is 13.9. The average Bonchev–Trinajstić information content (AvgIpc) is 2.70. The predicted octanol–water partition coefficient (Wildman–Crippen LogP) is 3.74. The van der Waals surface area contributed by atoms with Gasteiger partial charge in [-0.25, -0.2) is 4.79 Å². The Kier molecular flexibility index (Phi) is 11.4. The number of nitrogens with one attached hydrogen (secondary N) is 2. The number of carbonyl (C=O) groups is 4. The van der Waals surface area contributed by atoms with Gasteiger partial charge in [-0.15, -0.1) is 0 Å². The fraction of sp³-hybridized carbons (Fsp3) is 0.630. The lowest BCUT2D eigenvalue weighted by atomic mass is 9.96. The first-order valence-corrected chi connectivity index (χ1v) is 12.5. The van der Waals surface area contributed by atoms with Crippen molar-refractivity contribution in [3.05, 3.63) is 35.4 Å². The zero-order chi connectivity index (χ0) is 27.7. The van der Waals surface area contributed by atoms with Gasteiger partial charge in [-0.05, 0) is 66.0 Å². The molecule has 202 valence electrons. The van der Waals surface area contributed by atoms with E-state index in [-0.39, 0.29) is 12.5 Å². The summed E-state index contributed by atoms with van der Waals surface area (Å²) >= 11 is 0.